The molecule has 0 aromatic rings. The molecule has 86 valence electrons. The van der Waals surface area contributed by atoms with E-state index in [1.165, 1.54) is 0 Å². The standard InChI is InChI=1S/C11H21N3O/c1-3-4-13-11(2,9-12)10-14-5-7-15-8-6-14/h13H,3-8,10H2,1-2H3. The van der Waals surface area contributed by atoms with Gasteiger partial charge in [-0.1, -0.05) is 6.92 Å². The molecule has 0 saturated carbocycles. The number of ether oxygens (including phenoxy) is 1. The molecule has 4 heteroatoms. The van der Waals surface area contributed by atoms with Gasteiger partial charge in [0.15, 0.2) is 0 Å². The maximum atomic E-state index is 9.17. The Labute approximate surface area is 92.2 Å². The molecule has 1 atom stereocenters. The van der Waals surface area contributed by atoms with E-state index in [1.807, 2.05) is 6.92 Å². The van der Waals surface area contributed by atoms with Crippen molar-refractivity contribution in [1.82, 2.24) is 10.2 Å². The predicted molar refractivity (Wildman–Crippen MR) is 59.6 cm³/mol. The molecule has 0 aromatic heterocycles. The van der Waals surface area contributed by atoms with Crippen molar-refractivity contribution in [3.63, 3.8) is 0 Å². The van der Waals surface area contributed by atoms with Crippen molar-refractivity contribution < 1.29 is 4.74 Å². The van der Waals surface area contributed by atoms with Crippen LogP contribution in [0.4, 0.5) is 0 Å². The summed E-state index contributed by atoms with van der Waals surface area (Å²) < 4.78 is 5.28. The van der Waals surface area contributed by atoms with E-state index in [4.69, 9.17) is 4.74 Å². The van der Waals surface area contributed by atoms with Crippen LogP contribution >= 0.6 is 0 Å². The molecule has 1 saturated heterocycles. The Morgan fingerprint density at radius 1 is 1.47 bits per heavy atom. The number of morpholine rings is 1. The third-order valence-corrected chi connectivity index (χ3v) is 2.66. The van der Waals surface area contributed by atoms with Gasteiger partial charge in [-0.2, -0.15) is 5.26 Å². The quantitative estimate of drug-likeness (QED) is 0.723. The maximum Gasteiger partial charge on any atom is 0.116 e. The fraction of sp³-hybridized carbons (Fsp3) is 0.909. The van der Waals surface area contributed by atoms with E-state index in [0.29, 0.717) is 0 Å². The number of rotatable bonds is 5. The number of nitrogens with zero attached hydrogens (tertiary/aromatic N) is 2. The maximum absolute atomic E-state index is 9.17. The minimum Gasteiger partial charge on any atom is -0.379 e. The third-order valence-electron chi connectivity index (χ3n) is 2.66. The lowest BCUT2D eigenvalue weighted by Gasteiger charge is -2.33. The normalized spacial score (nSPS) is 21.9. The van der Waals surface area contributed by atoms with Gasteiger partial charge in [-0.25, -0.2) is 0 Å². The van der Waals surface area contributed by atoms with E-state index in [1.54, 1.807) is 0 Å². The fourth-order valence-corrected chi connectivity index (χ4v) is 1.74. The molecule has 1 fully saturated rings. The Kier molecular flexibility index (Phi) is 5.03. The van der Waals surface area contributed by atoms with Gasteiger partial charge in [0.2, 0.25) is 0 Å². The zero-order valence-electron chi connectivity index (χ0n) is 9.75. The lowest BCUT2D eigenvalue weighted by atomic mass is 10.0. The summed E-state index contributed by atoms with van der Waals surface area (Å²) in [6.07, 6.45) is 1.06. The molecule has 1 aliphatic rings. The van der Waals surface area contributed by atoms with Crippen LogP contribution in [0.5, 0.6) is 0 Å². The lowest BCUT2D eigenvalue weighted by Crippen LogP contribution is -2.53. The molecule has 1 unspecified atom stereocenters. The van der Waals surface area contributed by atoms with Crippen LogP contribution in [0.3, 0.4) is 0 Å². The van der Waals surface area contributed by atoms with Crippen molar-refractivity contribution in [2.45, 2.75) is 25.8 Å². The summed E-state index contributed by atoms with van der Waals surface area (Å²) in [7, 11) is 0. The Hall–Kier alpha value is -0.630. The summed E-state index contributed by atoms with van der Waals surface area (Å²) in [5.41, 5.74) is -0.423. The number of nitrogens with one attached hydrogen (secondary N) is 1. The van der Waals surface area contributed by atoms with Crippen LogP contribution in [0.1, 0.15) is 20.3 Å². The van der Waals surface area contributed by atoms with Crippen molar-refractivity contribution in [3.8, 4) is 6.07 Å². The highest BCUT2D eigenvalue weighted by atomic mass is 16.5. The molecular formula is C11H21N3O. The monoisotopic (exact) mass is 211 g/mol. The van der Waals surface area contributed by atoms with Crippen molar-refractivity contribution in [2.75, 3.05) is 39.4 Å². The smallest absolute Gasteiger partial charge is 0.116 e. The second-order valence-electron chi connectivity index (χ2n) is 4.26. The van der Waals surface area contributed by atoms with E-state index in [2.05, 4.69) is 23.2 Å². The Morgan fingerprint density at radius 2 is 2.13 bits per heavy atom. The third kappa shape index (κ3) is 4.17. The molecule has 0 aliphatic carbocycles. The van der Waals surface area contributed by atoms with Gasteiger partial charge in [0.25, 0.3) is 0 Å². The molecule has 0 radical (unpaired) electrons. The number of hydrogen-bond acceptors (Lipinski definition) is 4. The average molecular weight is 211 g/mol. The van der Waals surface area contributed by atoms with Gasteiger partial charge in [-0.3, -0.25) is 10.2 Å². The van der Waals surface area contributed by atoms with E-state index in [0.717, 1.165) is 45.8 Å². The second kappa shape index (κ2) is 6.06. The summed E-state index contributed by atoms with van der Waals surface area (Å²) in [5.74, 6) is 0. The van der Waals surface area contributed by atoms with E-state index in [9.17, 15) is 5.26 Å². The number of nitriles is 1. The van der Waals surface area contributed by atoms with Crippen LogP contribution < -0.4 is 5.32 Å². The van der Waals surface area contributed by atoms with E-state index < -0.39 is 5.54 Å². The molecule has 1 N–H and O–H groups in total. The first kappa shape index (κ1) is 12.4. The SMILES string of the molecule is CCCNC(C)(C#N)CN1CCOCC1. The minimum atomic E-state index is -0.423. The summed E-state index contributed by atoms with van der Waals surface area (Å²) in [4.78, 5) is 2.29. The van der Waals surface area contributed by atoms with Crippen molar-refractivity contribution >= 4 is 0 Å². The zero-order valence-corrected chi connectivity index (χ0v) is 9.75. The Bertz CT molecular complexity index is 220. The van der Waals surface area contributed by atoms with Gasteiger partial charge in [-0.15, -0.1) is 0 Å². The molecule has 0 aromatic carbocycles. The van der Waals surface area contributed by atoms with Crippen LogP contribution in [0.15, 0.2) is 0 Å². The zero-order chi connectivity index (χ0) is 11.1. The van der Waals surface area contributed by atoms with E-state index in [-0.39, 0.29) is 0 Å². The lowest BCUT2D eigenvalue weighted by molar-refractivity contribution is 0.0301. The van der Waals surface area contributed by atoms with Crippen LogP contribution in [-0.4, -0.2) is 49.8 Å². The Morgan fingerprint density at radius 3 is 2.67 bits per heavy atom. The summed E-state index contributed by atoms with van der Waals surface area (Å²) in [6.45, 7) is 9.21. The molecule has 0 amide bonds. The van der Waals surface area contributed by atoms with Crippen LogP contribution in [0.25, 0.3) is 0 Å². The van der Waals surface area contributed by atoms with Gasteiger partial charge < -0.3 is 4.74 Å². The van der Waals surface area contributed by atoms with Crippen LogP contribution in [0.2, 0.25) is 0 Å². The molecular weight excluding hydrogens is 190 g/mol. The van der Waals surface area contributed by atoms with Gasteiger partial charge in [0, 0.05) is 19.6 Å². The molecule has 1 aliphatic heterocycles. The van der Waals surface area contributed by atoms with Gasteiger partial charge in [-0.05, 0) is 19.9 Å². The summed E-state index contributed by atoms with van der Waals surface area (Å²) in [5, 5.41) is 12.5. The van der Waals surface area contributed by atoms with Crippen LogP contribution in [0, 0.1) is 11.3 Å². The second-order valence-corrected chi connectivity index (χ2v) is 4.26. The first-order valence-corrected chi connectivity index (χ1v) is 5.66. The molecule has 0 spiro atoms. The largest absolute Gasteiger partial charge is 0.379 e. The van der Waals surface area contributed by atoms with E-state index >= 15 is 0 Å². The van der Waals surface area contributed by atoms with Gasteiger partial charge in [0.1, 0.15) is 5.54 Å². The molecule has 1 heterocycles. The van der Waals surface area contributed by atoms with Crippen molar-refractivity contribution in [1.29, 1.82) is 5.26 Å². The molecule has 4 nitrogen and oxygen atoms in total. The number of hydrogen-bond donors (Lipinski definition) is 1. The topological polar surface area (TPSA) is 48.3 Å². The van der Waals surface area contributed by atoms with Crippen molar-refractivity contribution in [3.05, 3.63) is 0 Å². The van der Waals surface area contributed by atoms with Crippen LogP contribution in [-0.2, 0) is 4.74 Å². The van der Waals surface area contributed by atoms with Gasteiger partial charge >= 0.3 is 0 Å². The first-order valence-electron chi connectivity index (χ1n) is 5.66. The molecule has 0 bridgehead atoms. The van der Waals surface area contributed by atoms with Crippen molar-refractivity contribution in [2.24, 2.45) is 0 Å². The Balaban J connectivity index is 2.40. The first-order chi connectivity index (χ1) is 7.20. The molecule has 15 heavy (non-hydrogen) atoms. The highest BCUT2D eigenvalue weighted by molar-refractivity contribution is 5.05. The summed E-state index contributed by atoms with van der Waals surface area (Å²) in [6, 6.07) is 2.37. The molecule has 1 rings (SSSR count). The minimum absolute atomic E-state index is 0.423. The highest BCUT2D eigenvalue weighted by Crippen LogP contribution is 2.07. The highest BCUT2D eigenvalue weighted by Gasteiger charge is 2.26. The van der Waals surface area contributed by atoms with Gasteiger partial charge in [0.05, 0.1) is 19.3 Å². The fourth-order valence-electron chi connectivity index (χ4n) is 1.74. The average Bonchev–Trinajstić information content (AvgIpc) is 2.28. The predicted octanol–water partition coefficient (Wildman–Crippen LogP) is 0.600. The summed E-state index contributed by atoms with van der Waals surface area (Å²) >= 11 is 0.